The largest absolute Gasteiger partial charge is 0.373 e. The van der Waals surface area contributed by atoms with Gasteiger partial charge in [0.05, 0.1) is 0 Å². The first-order valence-corrected chi connectivity index (χ1v) is 9.21. The van der Waals surface area contributed by atoms with Gasteiger partial charge in [0.1, 0.15) is 0 Å². The van der Waals surface area contributed by atoms with Crippen molar-refractivity contribution in [3.63, 3.8) is 0 Å². The van der Waals surface area contributed by atoms with Crippen molar-refractivity contribution in [1.82, 2.24) is 15.1 Å². The zero-order valence-corrected chi connectivity index (χ0v) is 15.0. The highest BCUT2D eigenvalue weighted by Crippen LogP contribution is 2.23. The summed E-state index contributed by atoms with van der Waals surface area (Å²) in [6.45, 7) is 8.84. The molecule has 1 saturated heterocycles. The van der Waals surface area contributed by atoms with Crippen LogP contribution in [0, 0.1) is 5.92 Å². The Hall–Kier alpha value is -1.75. The molecule has 1 fully saturated rings. The van der Waals surface area contributed by atoms with Gasteiger partial charge in [-0.25, -0.2) is 4.79 Å². The number of urea groups is 1. The van der Waals surface area contributed by atoms with Crippen molar-refractivity contribution in [3.05, 3.63) is 29.8 Å². The number of hydrogen-bond acceptors (Lipinski definition) is 3. The first-order chi connectivity index (χ1) is 11.7. The van der Waals surface area contributed by atoms with Crippen molar-refractivity contribution in [2.75, 3.05) is 51.2 Å². The Morgan fingerprint density at radius 2 is 2.08 bits per heavy atom. The SMILES string of the molecule is CCCN1CCC(CNC(=O)N2CCN(C)c3ccccc3C2)C1. The standard InChI is InChI=1S/C19H30N4O/c1-3-9-22-10-8-16(14-22)13-20-19(24)23-12-11-21(2)18-7-5-4-6-17(18)15-23/h4-7,16H,3,8-15H2,1-2H3,(H,20,24). The van der Waals surface area contributed by atoms with E-state index in [1.54, 1.807) is 0 Å². The Labute approximate surface area is 145 Å². The van der Waals surface area contributed by atoms with Gasteiger partial charge in [-0.15, -0.1) is 0 Å². The number of carbonyl (C=O) groups is 1. The zero-order chi connectivity index (χ0) is 16.9. The Morgan fingerprint density at radius 1 is 1.25 bits per heavy atom. The molecule has 1 atom stereocenters. The fraction of sp³-hybridized carbons (Fsp3) is 0.632. The monoisotopic (exact) mass is 330 g/mol. The van der Waals surface area contributed by atoms with Crippen molar-refractivity contribution >= 4 is 11.7 Å². The number of likely N-dealkylation sites (N-methyl/N-ethyl adjacent to an activating group) is 1. The van der Waals surface area contributed by atoms with Crippen LogP contribution in [0.4, 0.5) is 10.5 Å². The van der Waals surface area contributed by atoms with Gasteiger partial charge in [-0.3, -0.25) is 0 Å². The molecule has 132 valence electrons. The zero-order valence-electron chi connectivity index (χ0n) is 15.0. The third-order valence-corrected chi connectivity index (χ3v) is 5.21. The summed E-state index contributed by atoms with van der Waals surface area (Å²) in [5, 5.41) is 3.17. The smallest absolute Gasteiger partial charge is 0.317 e. The molecule has 24 heavy (non-hydrogen) atoms. The molecule has 0 saturated carbocycles. The molecule has 1 unspecified atom stereocenters. The molecule has 5 heteroatoms. The van der Waals surface area contributed by atoms with Crippen LogP contribution in [0.3, 0.4) is 0 Å². The number of hydrogen-bond donors (Lipinski definition) is 1. The number of fused-ring (bicyclic) bond motifs is 1. The minimum Gasteiger partial charge on any atom is -0.373 e. The highest BCUT2D eigenvalue weighted by Gasteiger charge is 2.24. The third kappa shape index (κ3) is 4.01. The number of rotatable bonds is 4. The van der Waals surface area contributed by atoms with Gasteiger partial charge in [0, 0.05) is 45.5 Å². The van der Waals surface area contributed by atoms with E-state index >= 15 is 0 Å². The van der Waals surface area contributed by atoms with E-state index in [2.05, 4.69) is 53.4 Å². The average Bonchev–Trinajstić information content (AvgIpc) is 2.97. The van der Waals surface area contributed by atoms with Gasteiger partial charge >= 0.3 is 6.03 Å². The van der Waals surface area contributed by atoms with Crippen LogP contribution in [0.15, 0.2) is 24.3 Å². The number of likely N-dealkylation sites (tertiary alicyclic amines) is 1. The Bertz CT molecular complexity index is 562. The van der Waals surface area contributed by atoms with E-state index in [9.17, 15) is 4.79 Å². The fourth-order valence-electron chi connectivity index (χ4n) is 3.81. The van der Waals surface area contributed by atoms with Crippen molar-refractivity contribution in [1.29, 1.82) is 0 Å². The molecule has 0 bridgehead atoms. The van der Waals surface area contributed by atoms with Crippen molar-refractivity contribution in [2.24, 2.45) is 5.92 Å². The second-order valence-electron chi connectivity index (χ2n) is 7.11. The summed E-state index contributed by atoms with van der Waals surface area (Å²) < 4.78 is 0. The maximum Gasteiger partial charge on any atom is 0.317 e. The van der Waals surface area contributed by atoms with E-state index in [1.807, 2.05) is 4.90 Å². The molecule has 3 rings (SSSR count). The second-order valence-corrected chi connectivity index (χ2v) is 7.11. The first-order valence-electron chi connectivity index (χ1n) is 9.21. The maximum atomic E-state index is 12.6. The highest BCUT2D eigenvalue weighted by atomic mass is 16.2. The lowest BCUT2D eigenvalue weighted by molar-refractivity contribution is 0.195. The third-order valence-electron chi connectivity index (χ3n) is 5.21. The first kappa shape index (κ1) is 17.1. The summed E-state index contributed by atoms with van der Waals surface area (Å²) in [5.41, 5.74) is 2.46. The van der Waals surface area contributed by atoms with Crippen molar-refractivity contribution in [2.45, 2.75) is 26.3 Å². The summed E-state index contributed by atoms with van der Waals surface area (Å²) in [5.74, 6) is 0.599. The lowest BCUT2D eigenvalue weighted by Gasteiger charge is -2.22. The van der Waals surface area contributed by atoms with Crippen molar-refractivity contribution in [3.8, 4) is 0 Å². The molecule has 1 aromatic rings. The Morgan fingerprint density at radius 3 is 2.92 bits per heavy atom. The minimum absolute atomic E-state index is 0.0778. The Kier molecular flexibility index (Phi) is 5.61. The lowest BCUT2D eigenvalue weighted by Crippen LogP contribution is -2.43. The summed E-state index contributed by atoms with van der Waals surface area (Å²) in [6, 6.07) is 8.45. The summed E-state index contributed by atoms with van der Waals surface area (Å²) in [6.07, 6.45) is 2.41. The molecule has 5 nitrogen and oxygen atoms in total. The van der Waals surface area contributed by atoms with Gasteiger partial charge < -0.3 is 20.0 Å². The minimum atomic E-state index is 0.0778. The number of anilines is 1. The topological polar surface area (TPSA) is 38.8 Å². The number of para-hydroxylation sites is 1. The predicted molar refractivity (Wildman–Crippen MR) is 98.4 cm³/mol. The van der Waals surface area contributed by atoms with Gasteiger partial charge in [0.15, 0.2) is 0 Å². The van der Waals surface area contributed by atoms with Gasteiger partial charge in [0.2, 0.25) is 0 Å². The maximum absolute atomic E-state index is 12.6. The Balaban J connectivity index is 1.52. The summed E-state index contributed by atoms with van der Waals surface area (Å²) >= 11 is 0. The lowest BCUT2D eigenvalue weighted by atomic mass is 10.1. The van der Waals surface area contributed by atoms with Gasteiger partial charge in [-0.2, -0.15) is 0 Å². The highest BCUT2D eigenvalue weighted by molar-refractivity contribution is 5.75. The second kappa shape index (κ2) is 7.88. The van der Waals surface area contributed by atoms with E-state index in [4.69, 9.17) is 0 Å². The quantitative estimate of drug-likeness (QED) is 0.921. The van der Waals surface area contributed by atoms with Crippen LogP contribution in [0.2, 0.25) is 0 Å². The van der Waals surface area contributed by atoms with Crippen LogP contribution in [0.1, 0.15) is 25.3 Å². The van der Waals surface area contributed by atoms with Crippen molar-refractivity contribution < 1.29 is 4.79 Å². The number of nitrogens with zero attached hydrogens (tertiary/aromatic N) is 3. The normalized spacial score (nSPS) is 21.5. The average molecular weight is 330 g/mol. The predicted octanol–water partition coefficient (Wildman–Crippen LogP) is 2.38. The number of carbonyl (C=O) groups excluding carboxylic acids is 1. The van der Waals surface area contributed by atoms with Gasteiger partial charge in [-0.05, 0) is 43.5 Å². The molecule has 0 aromatic heterocycles. The summed E-state index contributed by atoms with van der Waals surface area (Å²) in [4.78, 5) is 19.3. The van der Waals surface area contributed by atoms with Crippen LogP contribution in [-0.2, 0) is 6.54 Å². The summed E-state index contributed by atoms with van der Waals surface area (Å²) in [7, 11) is 2.10. The van der Waals surface area contributed by atoms with Crippen LogP contribution >= 0.6 is 0 Å². The molecule has 2 aliphatic heterocycles. The number of amides is 2. The molecule has 1 N–H and O–H groups in total. The van der Waals surface area contributed by atoms with Gasteiger partial charge in [0.25, 0.3) is 0 Å². The molecular weight excluding hydrogens is 300 g/mol. The number of benzene rings is 1. The van der Waals surface area contributed by atoms with E-state index in [0.29, 0.717) is 12.5 Å². The van der Waals surface area contributed by atoms with E-state index in [-0.39, 0.29) is 6.03 Å². The van der Waals surface area contributed by atoms with E-state index in [1.165, 1.54) is 37.2 Å². The molecule has 2 amide bonds. The van der Waals surface area contributed by atoms with Gasteiger partial charge in [-0.1, -0.05) is 25.1 Å². The van der Waals surface area contributed by atoms with Crippen LogP contribution in [0.5, 0.6) is 0 Å². The van der Waals surface area contributed by atoms with Crippen LogP contribution in [0.25, 0.3) is 0 Å². The number of nitrogens with one attached hydrogen (secondary N) is 1. The van der Waals surface area contributed by atoms with E-state index in [0.717, 1.165) is 26.2 Å². The molecular formula is C19H30N4O. The van der Waals surface area contributed by atoms with Crippen LogP contribution < -0.4 is 10.2 Å². The molecule has 0 spiro atoms. The molecule has 2 aliphatic rings. The van der Waals surface area contributed by atoms with Crippen LogP contribution in [-0.4, -0.2) is 62.1 Å². The molecule has 2 heterocycles. The molecule has 0 radical (unpaired) electrons. The molecule has 0 aliphatic carbocycles. The van der Waals surface area contributed by atoms with E-state index < -0.39 is 0 Å². The fourth-order valence-corrected chi connectivity index (χ4v) is 3.81. The molecule has 1 aromatic carbocycles.